The Hall–Kier alpha value is -1.16. The standard InChI is InChI=1S/C24H30Cl2N2O4S2/c1-2-3-13-34(30,31)27(15-18-5-4-11-32-18)16-23(29)28-10-8-22-20(9-12-33-22)24(28)19-7-6-17(25)14-21(19)26/h6-7,9,12,14,18,24H,2-5,8,10-11,13,15-16H2,1H3. The van der Waals surface area contributed by atoms with Gasteiger partial charge in [0.25, 0.3) is 0 Å². The Bertz CT molecular complexity index is 1120. The lowest BCUT2D eigenvalue weighted by atomic mass is 9.93. The van der Waals surface area contributed by atoms with Crippen LogP contribution in [0.15, 0.2) is 29.6 Å². The van der Waals surface area contributed by atoms with Crippen LogP contribution < -0.4 is 0 Å². The van der Waals surface area contributed by atoms with E-state index in [4.69, 9.17) is 27.9 Å². The molecule has 1 fully saturated rings. The van der Waals surface area contributed by atoms with E-state index in [0.717, 1.165) is 36.8 Å². The summed E-state index contributed by atoms with van der Waals surface area (Å²) in [6.45, 7) is 3.09. The van der Waals surface area contributed by atoms with Crippen molar-refractivity contribution < 1.29 is 17.9 Å². The van der Waals surface area contributed by atoms with Gasteiger partial charge in [-0.15, -0.1) is 11.3 Å². The van der Waals surface area contributed by atoms with Gasteiger partial charge in [0.05, 0.1) is 24.4 Å². The van der Waals surface area contributed by atoms with Gasteiger partial charge in [-0.05, 0) is 60.4 Å². The summed E-state index contributed by atoms with van der Waals surface area (Å²) in [4.78, 5) is 16.7. The van der Waals surface area contributed by atoms with E-state index in [-0.39, 0.29) is 36.9 Å². The molecule has 2 aliphatic rings. The molecule has 2 aromatic rings. The normalized spacial score (nSPS) is 20.6. The van der Waals surface area contributed by atoms with Crippen LogP contribution in [-0.4, -0.2) is 61.6 Å². The third-order valence-electron chi connectivity index (χ3n) is 6.44. The van der Waals surface area contributed by atoms with Crippen molar-refractivity contribution in [3.63, 3.8) is 0 Å². The Kier molecular flexibility index (Phi) is 8.59. The average Bonchev–Trinajstić information content (AvgIpc) is 3.49. The molecule has 0 N–H and O–H groups in total. The zero-order chi connectivity index (χ0) is 24.3. The summed E-state index contributed by atoms with van der Waals surface area (Å²) in [6, 6.07) is 6.95. The molecule has 0 aliphatic carbocycles. The van der Waals surface area contributed by atoms with Crippen molar-refractivity contribution in [2.24, 2.45) is 0 Å². The van der Waals surface area contributed by atoms with Gasteiger partial charge in [0.15, 0.2) is 0 Å². The van der Waals surface area contributed by atoms with E-state index in [0.29, 0.717) is 29.6 Å². The molecule has 1 aromatic heterocycles. The molecule has 3 heterocycles. The Labute approximate surface area is 215 Å². The van der Waals surface area contributed by atoms with E-state index in [2.05, 4.69) is 0 Å². The molecule has 4 rings (SSSR count). The zero-order valence-electron chi connectivity index (χ0n) is 19.2. The van der Waals surface area contributed by atoms with Gasteiger partial charge < -0.3 is 9.64 Å². The second-order valence-electron chi connectivity index (χ2n) is 8.80. The van der Waals surface area contributed by atoms with Gasteiger partial charge in [-0.3, -0.25) is 4.79 Å². The largest absolute Gasteiger partial charge is 0.377 e. The molecule has 0 spiro atoms. The number of nitrogens with zero attached hydrogens (tertiary/aromatic N) is 2. The second-order valence-corrected chi connectivity index (χ2v) is 12.7. The number of hydrogen-bond acceptors (Lipinski definition) is 5. The number of thiophene rings is 1. The summed E-state index contributed by atoms with van der Waals surface area (Å²) < 4.78 is 33.4. The van der Waals surface area contributed by atoms with Crippen LogP contribution in [0.4, 0.5) is 0 Å². The van der Waals surface area contributed by atoms with E-state index in [9.17, 15) is 13.2 Å². The maximum Gasteiger partial charge on any atom is 0.238 e. The summed E-state index contributed by atoms with van der Waals surface area (Å²) in [5.74, 6) is -0.198. The first-order chi connectivity index (χ1) is 16.3. The molecule has 0 saturated carbocycles. The van der Waals surface area contributed by atoms with Crippen molar-refractivity contribution in [1.29, 1.82) is 0 Å². The minimum Gasteiger partial charge on any atom is -0.377 e. The monoisotopic (exact) mass is 544 g/mol. The number of ether oxygens (including phenoxy) is 1. The maximum atomic E-state index is 13.7. The molecule has 1 aromatic carbocycles. The third kappa shape index (κ3) is 5.79. The smallest absolute Gasteiger partial charge is 0.238 e. The first-order valence-electron chi connectivity index (χ1n) is 11.7. The summed E-state index contributed by atoms with van der Waals surface area (Å²) in [5.41, 5.74) is 1.83. The van der Waals surface area contributed by atoms with Gasteiger partial charge in [-0.1, -0.05) is 42.6 Å². The number of rotatable bonds is 9. The molecular formula is C24H30Cl2N2O4S2. The van der Waals surface area contributed by atoms with Crippen LogP contribution in [0.2, 0.25) is 10.0 Å². The predicted octanol–water partition coefficient (Wildman–Crippen LogP) is 5.14. The summed E-state index contributed by atoms with van der Waals surface area (Å²) >= 11 is 14.4. The van der Waals surface area contributed by atoms with Gasteiger partial charge in [-0.2, -0.15) is 4.31 Å². The number of benzene rings is 1. The SMILES string of the molecule is CCCCS(=O)(=O)N(CC(=O)N1CCc2sccc2C1c1ccc(Cl)cc1Cl)CC1CCCO1. The molecule has 186 valence electrons. The van der Waals surface area contributed by atoms with Crippen LogP contribution >= 0.6 is 34.5 Å². The number of unbranched alkanes of at least 4 members (excludes halogenated alkanes) is 1. The molecule has 2 aliphatic heterocycles. The molecule has 0 radical (unpaired) electrons. The van der Waals surface area contributed by atoms with Crippen molar-refractivity contribution in [2.45, 2.75) is 51.2 Å². The number of carbonyl (C=O) groups is 1. The number of fused-ring (bicyclic) bond motifs is 1. The third-order valence-corrected chi connectivity index (χ3v) is 9.86. The maximum absolute atomic E-state index is 13.7. The quantitative estimate of drug-likeness (QED) is 0.438. The molecule has 0 bridgehead atoms. The highest BCUT2D eigenvalue weighted by molar-refractivity contribution is 7.89. The van der Waals surface area contributed by atoms with E-state index in [1.165, 1.54) is 9.18 Å². The zero-order valence-corrected chi connectivity index (χ0v) is 22.4. The Balaban J connectivity index is 1.63. The molecular weight excluding hydrogens is 515 g/mol. The molecule has 6 nitrogen and oxygen atoms in total. The highest BCUT2D eigenvalue weighted by Crippen LogP contribution is 2.41. The topological polar surface area (TPSA) is 66.9 Å². The van der Waals surface area contributed by atoms with Crippen LogP contribution in [0.25, 0.3) is 0 Å². The average molecular weight is 546 g/mol. The molecule has 10 heteroatoms. The Morgan fingerprint density at radius 1 is 1.26 bits per heavy atom. The molecule has 34 heavy (non-hydrogen) atoms. The van der Waals surface area contributed by atoms with Crippen LogP contribution in [-0.2, 0) is 26.0 Å². The highest BCUT2D eigenvalue weighted by atomic mass is 35.5. The summed E-state index contributed by atoms with van der Waals surface area (Å²) in [7, 11) is -3.59. The number of halogens is 2. The first-order valence-corrected chi connectivity index (χ1v) is 14.9. The lowest BCUT2D eigenvalue weighted by Gasteiger charge is -2.38. The van der Waals surface area contributed by atoms with Crippen molar-refractivity contribution in [3.05, 3.63) is 55.7 Å². The number of carbonyl (C=O) groups excluding carboxylic acids is 1. The lowest BCUT2D eigenvalue weighted by molar-refractivity contribution is -0.133. The van der Waals surface area contributed by atoms with Crippen LogP contribution in [0, 0.1) is 0 Å². The van der Waals surface area contributed by atoms with Crippen LogP contribution in [0.5, 0.6) is 0 Å². The van der Waals surface area contributed by atoms with Crippen molar-refractivity contribution in [3.8, 4) is 0 Å². The molecule has 2 atom stereocenters. The number of amides is 1. The summed E-state index contributed by atoms with van der Waals surface area (Å²) in [5, 5.41) is 3.04. The minimum atomic E-state index is -3.59. The van der Waals surface area contributed by atoms with Crippen molar-refractivity contribution >= 4 is 50.5 Å². The predicted molar refractivity (Wildman–Crippen MR) is 137 cm³/mol. The highest BCUT2D eigenvalue weighted by Gasteiger charge is 2.37. The fraction of sp³-hybridized carbons (Fsp3) is 0.542. The van der Waals surface area contributed by atoms with Crippen LogP contribution in [0.3, 0.4) is 0 Å². The number of hydrogen-bond donors (Lipinski definition) is 0. The Morgan fingerprint density at radius 3 is 2.79 bits per heavy atom. The fourth-order valence-corrected chi connectivity index (χ4v) is 7.66. The summed E-state index contributed by atoms with van der Waals surface area (Å²) in [6.07, 6.45) is 3.60. The fourth-order valence-electron chi connectivity index (χ4n) is 4.63. The van der Waals surface area contributed by atoms with Gasteiger partial charge in [0.2, 0.25) is 15.9 Å². The van der Waals surface area contributed by atoms with E-state index in [1.807, 2.05) is 24.4 Å². The van der Waals surface area contributed by atoms with Gasteiger partial charge in [0, 0.05) is 34.6 Å². The van der Waals surface area contributed by atoms with Gasteiger partial charge in [0.1, 0.15) is 0 Å². The van der Waals surface area contributed by atoms with E-state index < -0.39 is 10.0 Å². The lowest BCUT2D eigenvalue weighted by Crippen LogP contribution is -2.48. The minimum absolute atomic E-state index is 0.0324. The molecule has 1 saturated heterocycles. The first kappa shape index (κ1) is 25.9. The van der Waals surface area contributed by atoms with E-state index in [1.54, 1.807) is 28.4 Å². The Morgan fingerprint density at radius 2 is 2.09 bits per heavy atom. The van der Waals surface area contributed by atoms with Crippen LogP contribution in [0.1, 0.15) is 54.7 Å². The van der Waals surface area contributed by atoms with Gasteiger partial charge in [-0.25, -0.2) is 8.42 Å². The molecule has 1 amide bonds. The van der Waals surface area contributed by atoms with Gasteiger partial charge >= 0.3 is 0 Å². The second kappa shape index (κ2) is 11.3. The van der Waals surface area contributed by atoms with Crippen molar-refractivity contribution in [1.82, 2.24) is 9.21 Å². The molecule has 2 unspecified atom stereocenters. The van der Waals surface area contributed by atoms with Crippen molar-refractivity contribution in [2.75, 3.05) is 32.0 Å². The number of sulfonamides is 1. The van der Waals surface area contributed by atoms with E-state index >= 15 is 0 Å².